The summed E-state index contributed by atoms with van der Waals surface area (Å²) >= 11 is 0. The van der Waals surface area contributed by atoms with E-state index in [1.54, 1.807) is 0 Å². The molecule has 0 aromatic carbocycles. The molecule has 0 aromatic heterocycles. The van der Waals surface area contributed by atoms with E-state index in [4.69, 9.17) is 37.0 Å². The molecule has 0 radical (unpaired) electrons. The van der Waals surface area contributed by atoms with Gasteiger partial charge >= 0.3 is 39.5 Å². The van der Waals surface area contributed by atoms with Crippen LogP contribution in [-0.2, 0) is 65.4 Å². The van der Waals surface area contributed by atoms with Crippen LogP contribution in [0.25, 0.3) is 0 Å². The molecule has 5 atom stereocenters. The molecular formula is C87H148O17P2. The Morgan fingerprint density at radius 3 is 0.830 bits per heavy atom. The molecule has 0 aliphatic carbocycles. The Kier molecular flexibility index (Phi) is 74.8. The number of phosphoric acid groups is 2. The van der Waals surface area contributed by atoms with Crippen molar-refractivity contribution in [2.24, 2.45) is 0 Å². The molecule has 106 heavy (non-hydrogen) atoms. The number of carbonyl (C=O) groups is 4. The summed E-state index contributed by atoms with van der Waals surface area (Å²) in [6, 6.07) is 0. The second kappa shape index (κ2) is 78.3. The number of carbonyl (C=O) groups excluding carboxylic acids is 4. The van der Waals surface area contributed by atoms with Crippen molar-refractivity contribution in [3.05, 3.63) is 134 Å². The van der Waals surface area contributed by atoms with Gasteiger partial charge in [0.2, 0.25) is 0 Å². The first-order valence-electron chi connectivity index (χ1n) is 41.4. The number of aliphatic hydroxyl groups is 1. The van der Waals surface area contributed by atoms with Crippen LogP contribution in [-0.4, -0.2) is 96.7 Å². The molecule has 0 amide bonds. The minimum absolute atomic E-state index is 0.0310. The van der Waals surface area contributed by atoms with E-state index in [1.165, 1.54) is 83.5 Å². The van der Waals surface area contributed by atoms with Gasteiger partial charge in [0.05, 0.1) is 26.4 Å². The highest BCUT2D eigenvalue weighted by atomic mass is 31.2. The molecule has 19 heteroatoms. The highest BCUT2D eigenvalue weighted by molar-refractivity contribution is 7.47. The summed E-state index contributed by atoms with van der Waals surface area (Å²) in [5, 5.41) is 10.7. The lowest BCUT2D eigenvalue weighted by molar-refractivity contribution is -0.161. The predicted molar refractivity (Wildman–Crippen MR) is 436 cm³/mol. The van der Waals surface area contributed by atoms with Gasteiger partial charge in [0.15, 0.2) is 12.2 Å². The van der Waals surface area contributed by atoms with Gasteiger partial charge in [-0.15, -0.1) is 0 Å². The quantitative estimate of drug-likeness (QED) is 0.0169. The minimum atomic E-state index is -5.00. The van der Waals surface area contributed by atoms with Crippen LogP contribution < -0.4 is 0 Å². The average molecular weight is 1530 g/mol. The molecule has 0 heterocycles. The van der Waals surface area contributed by atoms with Crippen molar-refractivity contribution in [2.45, 2.75) is 354 Å². The van der Waals surface area contributed by atoms with Gasteiger partial charge in [0.25, 0.3) is 0 Å². The van der Waals surface area contributed by atoms with Crippen LogP contribution in [0, 0.1) is 0 Å². The molecule has 17 nitrogen and oxygen atoms in total. The Balaban J connectivity index is 5.44. The van der Waals surface area contributed by atoms with Crippen molar-refractivity contribution in [1.29, 1.82) is 0 Å². The van der Waals surface area contributed by atoms with E-state index in [9.17, 15) is 43.2 Å². The number of unbranched alkanes of at least 4 members (excludes halogenated alkanes) is 29. The molecule has 0 fully saturated rings. The molecule has 0 spiro atoms. The lowest BCUT2D eigenvalue weighted by Crippen LogP contribution is -2.30. The second-order valence-electron chi connectivity index (χ2n) is 27.3. The van der Waals surface area contributed by atoms with Crippen molar-refractivity contribution in [3.63, 3.8) is 0 Å². The van der Waals surface area contributed by atoms with Gasteiger partial charge in [-0.3, -0.25) is 37.3 Å². The number of hydrogen-bond donors (Lipinski definition) is 3. The first-order valence-corrected chi connectivity index (χ1v) is 44.4. The molecule has 0 saturated carbocycles. The van der Waals surface area contributed by atoms with Gasteiger partial charge in [-0.2, -0.15) is 0 Å². The molecule has 5 unspecified atom stereocenters. The largest absolute Gasteiger partial charge is 0.472 e. The standard InChI is InChI=1S/C87H148O17P2/c1-5-9-13-17-21-25-29-33-37-39-40-42-45-48-52-56-60-64-68-72-85(90)98-78-83(104-87(92)74-70-66-62-58-54-50-46-41-38-34-30-26-22-18-14-10-6-2)80-102-106(95,96)100-76-81(88)75-99-105(93,94)101-79-82(103-86(91)73-69-65-61-57-53-49-44-36-32-28-24-20-16-12-8-4)77-97-84(89)71-67-63-59-55-51-47-43-35-31-27-23-19-15-11-7-3/h9-10,13-14,21-23,25-27,33-35,37-38,40,42-43,48,52,60,64,81-83,88H,5-8,11-12,15-20,24,28-32,36,39,41,44-47,49-51,53-59,61-63,65-80H2,1-4H3,(H,93,94)(H,95,96)/b13-9-,14-10-,25-21-,26-22-,27-23-,37-33-,38-34-,42-40-,43-35-,52-48-,64-60-. The SMILES string of the molecule is CC/C=C\C/C=C\C/C=C\C/C=C\C/C=C\C/C=C\CCC(=O)OCC(COP(=O)(O)OCC(O)COP(=O)(O)OCC(COC(=O)CCCCCCC/C=C\C/C=C\CCCCC)OC(=O)CCCCCCCCCCCCCCCCC)OC(=O)CCCCCCCCC/C=C\C/C=C\C/C=C\CC. The number of ether oxygens (including phenoxy) is 4. The lowest BCUT2D eigenvalue weighted by atomic mass is 10.0. The molecule has 0 saturated heterocycles. The normalized spacial score (nSPS) is 14.5. The van der Waals surface area contributed by atoms with Crippen LogP contribution in [0.4, 0.5) is 0 Å². The third-order valence-corrected chi connectivity index (χ3v) is 19.0. The monoisotopic (exact) mass is 1530 g/mol. The van der Waals surface area contributed by atoms with E-state index in [1.807, 2.05) is 18.2 Å². The summed E-state index contributed by atoms with van der Waals surface area (Å²) in [5.74, 6) is -2.29. The van der Waals surface area contributed by atoms with Crippen LogP contribution in [0.5, 0.6) is 0 Å². The maximum Gasteiger partial charge on any atom is 0.472 e. The summed E-state index contributed by atoms with van der Waals surface area (Å²) in [7, 11) is -9.99. The first kappa shape index (κ1) is 101. The third-order valence-electron chi connectivity index (χ3n) is 17.1. The van der Waals surface area contributed by atoms with Crippen LogP contribution in [0.1, 0.15) is 336 Å². The fraction of sp³-hybridized carbons (Fsp3) is 0.701. The number of phosphoric ester groups is 2. The summed E-state index contributed by atoms with van der Waals surface area (Å²) in [5.41, 5.74) is 0. The van der Waals surface area contributed by atoms with Crippen LogP contribution in [0.3, 0.4) is 0 Å². The lowest BCUT2D eigenvalue weighted by Gasteiger charge is -2.21. The van der Waals surface area contributed by atoms with E-state index in [-0.39, 0.29) is 25.7 Å². The van der Waals surface area contributed by atoms with Crippen LogP contribution in [0.15, 0.2) is 134 Å². The average Bonchev–Trinajstić information content (AvgIpc) is 0.902. The highest BCUT2D eigenvalue weighted by Gasteiger charge is 2.30. The zero-order valence-corrected chi connectivity index (χ0v) is 68.4. The number of hydrogen-bond acceptors (Lipinski definition) is 15. The van der Waals surface area contributed by atoms with Gasteiger partial charge in [-0.25, -0.2) is 9.13 Å². The number of rotatable bonds is 77. The minimum Gasteiger partial charge on any atom is -0.462 e. The zero-order chi connectivity index (χ0) is 77.4. The Morgan fingerprint density at radius 1 is 0.274 bits per heavy atom. The van der Waals surface area contributed by atoms with Crippen molar-refractivity contribution in [3.8, 4) is 0 Å². The second-order valence-corrected chi connectivity index (χ2v) is 30.2. The van der Waals surface area contributed by atoms with E-state index in [2.05, 4.69) is 143 Å². The Morgan fingerprint density at radius 2 is 0.509 bits per heavy atom. The molecule has 0 aliphatic rings. The maximum atomic E-state index is 13.1. The van der Waals surface area contributed by atoms with Crippen LogP contribution >= 0.6 is 15.6 Å². The van der Waals surface area contributed by atoms with Crippen molar-refractivity contribution in [1.82, 2.24) is 0 Å². The first-order chi connectivity index (χ1) is 51.7. The fourth-order valence-corrected chi connectivity index (χ4v) is 12.5. The maximum absolute atomic E-state index is 13.1. The molecule has 0 bridgehead atoms. The van der Waals surface area contributed by atoms with Crippen LogP contribution in [0.2, 0.25) is 0 Å². The number of aliphatic hydroxyl groups excluding tert-OH is 1. The van der Waals surface area contributed by atoms with Gasteiger partial charge in [0, 0.05) is 25.7 Å². The topological polar surface area (TPSA) is 237 Å². The van der Waals surface area contributed by atoms with E-state index in [0.29, 0.717) is 32.1 Å². The van der Waals surface area contributed by atoms with Gasteiger partial charge in [-0.05, 0) is 128 Å². The summed E-state index contributed by atoms with van der Waals surface area (Å²) in [4.78, 5) is 73.1. The van der Waals surface area contributed by atoms with E-state index < -0.39 is 97.5 Å². The molecule has 0 aromatic rings. The number of esters is 4. The summed E-state index contributed by atoms with van der Waals surface area (Å²) in [6.07, 6.45) is 88.6. The van der Waals surface area contributed by atoms with Gasteiger partial charge < -0.3 is 33.8 Å². The zero-order valence-electron chi connectivity index (χ0n) is 66.6. The Bertz CT molecular complexity index is 2530. The van der Waals surface area contributed by atoms with E-state index in [0.717, 1.165) is 167 Å². The predicted octanol–water partition coefficient (Wildman–Crippen LogP) is 24.4. The molecule has 608 valence electrons. The summed E-state index contributed by atoms with van der Waals surface area (Å²) < 4.78 is 68.6. The van der Waals surface area contributed by atoms with Crippen molar-refractivity contribution >= 4 is 39.5 Å². The summed E-state index contributed by atoms with van der Waals surface area (Å²) in [6.45, 7) is 4.55. The fourth-order valence-electron chi connectivity index (χ4n) is 10.9. The Labute approximate surface area is 644 Å². The Hall–Kier alpha value is -4.80. The highest BCUT2D eigenvalue weighted by Crippen LogP contribution is 2.45. The van der Waals surface area contributed by atoms with Gasteiger partial charge in [0.1, 0.15) is 19.3 Å². The number of allylic oxidation sites excluding steroid dienone is 22. The molecular weight excluding hydrogens is 1380 g/mol. The third kappa shape index (κ3) is 77.4. The molecule has 0 rings (SSSR count). The smallest absolute Gasteiger partial charge is 0.462 e. The molecule has 0 aliphatic heterocycles. The molecule has 3 N–H and O–H groups in total. The van der Waals surface area contributed by atoms with Crippen molar-refractivity contribution in [2.75, 3.05) is 39.6 Å². The van der Waals surface area contributed by atoms with Gasteiger partial charge in [-0.1, -0.05) is 315 Å². The van der Waals surface area contributed by atoms with E-state index >= 15 is 0 Å². The van der Waals surface area contributed by atoms with Crippen molar-refractivity contribution < 1.29 is 80.2 Å².